The minimum absolute atomic E-state index is 0.131. The van der Waals surface area contributed by atoms with Crippen molar-refractivity contribution in [1.82, 2.24) is 4.90 Å². The van der Waals surface area contributed by atoms with Crippen LogP contribution >= 0.6 is 0 Å². The standard InChI is InChI=1S/C5H12N2O4/c8-3-1-6(2-4-9)5-7(10)11/h8-9H,1-5H2. The van der Waals surface area contributed by atoms with Gasteiger partial charge in [-0.3, -0.25) is 10.1 Å². The van der Waals surface area contributed by atoms with E-state index in [4.69, 9.17) is 10.2 Å². The third kappa shape index (κ3) is 5.71. The zero-order chi connectivity index (χ0) is 8.69. The number of aliphatic hydroxyl groups excluding tert-OH is 2. The molecular weight excluding hydrogens is 152 g/mol. The lowest BCUT2D eigenvalue weighted by molar-refractivity contribution is -0.504. The van der Waals surface area contributed by atoms with Crippen LogP contribution < -0.4 is 0 Å². The van der Waals surface area contributed by atoms with Crippen molar-refractivity contribution in [2.24, 2.45) is 0 Å². The summed E-state index contributed by atoms with van der Waals surface area (Å²) >= 11 is 0. The van der Waals surface area contributed by atoms with E-state index in [-0.39, 0.29) is 33.0 Å². The monoisotopic (exact) mass is 164 g/mol. The molecule has 0 aromatic carbocycles. The zero-order valence-electron chi connectivity index (χ0n) is 6.14. The lowest BCUT2D eigenvalue weighted by Gasteiger charge is -2.13. The van der Waals surface area contributed by atoms with Gasteiger partial charge in [0, 0.05) is 18.0 Å². The Hall–Kier alpha value is -0.720. The van der Waals surface area contributed by atoms with E-state index in [1.54, 1.807) is 0 Å². The number of nitrogens with zero attached hydrogens (tertiary/aromatic N) is 2. The van der Waals surface area contributed by atoms with Gasteiger partial charge in [0.1, 0.15) is 0 Å². The van der Waals surface area contributed by atoms with E-state index < -0.39 is 4.92 Å². The van der Waals surface area contributed by atoms with Crippen LogP contribution in [0, 0.1) is 10.1 Å². The Labute approximate surface area is 64.2 Å². The van der Waals surface area contributed by atoms with Crippen molar-refractivity contribution in [2.45, 2.75) is 0 Å². The van der Waals surface area contributed by atoms with Crippen molar-refractivity contribution in [2.75, 3.05) is 33.0 Å². The lowest BCUT2D eigenvalue weighted by Crippen LogP contribution is -2.34. The summed E-state index contributed by atoms with van der Waals surface area (Å²) in [7, 11) is 0. The first-order valence-electron chi connectivity index (χ1n) is 3.26. The fraction of sp³-hybridized carbons (Fsp3) is 1.00. The number of aliphatic hydroxyl groups is 2. The molecule has 66 valence electrons. The molecule has 0 heterocycles. The Balaban J connectivity index is 3.59. The highest BCUT2D eigenvalue weighted by Gasteiger charge is 2.08. The highest BCUT2D eigenvalue weighted by molar-refractivity contribution is 4.49. The van der Waals surface area contributed by atoms with E-state index in [0.29, 0.717) is 0 Å². The van der Waals surface area contributed by atoms with Gasteiger partial charge in [-0.25, -0.2) is 4.90 Å². The second-order valence-electron chi connectivity index (χ2n) is 2.04. The van der Waals surface area contributed by atoms with Gasteiger partial charge in [-0.1, -0.05) is 0 Å². The Kier molecular flexibility index (Phi) is 5.63. The molecule has 0 saturated carbocycles. The van der Waals surface area contributed by atoms with Crippen molar-refractivity contribution in [3.63, 3.8) is 0 Å². The molecule has 0 radical (unpaired) electrons. The largest absolute Gasteiger partial charge is 0.395 e. The first-order valence-corrected chi connectivity index (χ1v) is 3.26. The fourth-order valence-corrected chi connectivity index (χ4v) is 0.699. The van der Waals surface area contributed by atoms with Crippen molar-refractivity contribution < 1.29 is 15.1 Å². The van der Waals surface area contributed by atoms with Gasteiger partial charge in [0.2, 0.25) is 0 Å². The molecule has 0 amide bonds. The van der Waals surface area contributed by atoms with E-state index in [1.165, 1.54) is 4.90 Å². The van der Waals surface area contributed by atoms with E-state index >= 15 is 0 Å². The topological polar surface area (TPSA) is 86.8 Å². The smallest absolute Gasteiger partial charge is 0.259 e. The summed E-state index contributed by atoms with van der Waals surface area (Å²) in [6.07, 6.45) is 0. The second kappa shape index (κ2) is 6.02. The SMILES string of the molecule is O=[N+]([O-])CN(CCO)CCO. The molecule has 0 aromatic rings. The maximum atomic E-state index is 9.96. The third-order valence-electron chi connectivity index (χ3n) is 1.15. The van der Waals surface area contributed by atoms with Crippen LogP contribution in [-0.2, 0) is 0 Å². The predicted octanol–water partition coefficient (Wildman–Crippen LogP) is -1.49. The molecule has 6 heteroatoms. The molecule has 0 spiro atoms. The van der Waals surface area contributed by atoms with Gasteiger partial charge < -0.3 is 10.2 Å². The summed E-state index contributed by atoms with van der Waals surface area (Å²) in [6.45, 7) is -0.147. The normalized spacial score (nSPS) is 10.5. The molecule has 11 heavy (non-hydrogen) atoms. The van der Waals surface area contributed by atoms with Crippen molar-refractivity contribution in [3.05, 3.63) is 10.1 Å². The van der Waals surface area contributed by atoms with E-state index in [2.05, 4.69) is 0 Å². The van der Waals surface area contributed by atoms with Gasteiger partial charge in [0.25, 0.3) is 6.67 Å². The molecular formula is C5H12N2O4. The first-order chi connectivity index (χ1) is 5.20. The number of nitro groups is 1. The highest BCUT2D eigenvalue weighted by atomic mass is 16.6. The van der Waals surface area contributed by atoms with Gasteiger partial charge in [-0.05, 0) is 0 Å². The molecule has 0 fully saturated rings. The molecule has 0 aliphatic rings. The van der Waals surface area contributed by atoms with Gasteiger partial charge in [-0.2, -0.15) is 0 Å². The molecule has 0 aliphatic carbocycles. The van der Waals surface area contributed by atoms with Crippen LogP contribution in [0.1, 0.15) is 0 Å². The summed E-state index contributed by atoms with van der Waals surface area (Å²) in [5.41, 5.74) is 0. The second-order valence-corrected chi connectivity index (χ2v) is 2.04. The molecule has 0 aliphatic heterocycles. The van der Waals surface area contributed by atoms with Crippen molar-refractivity contribution >= 4 is 0 Å². The summed E-state index contributed by atoms with van der Waals surface area (Å²) in [6, 6.07) is 0. The quantitative estimate of drug-likeness (QED) is 0.283. The Bertz CT molecular complexity index is 113. The maximum Gasteiger partial charge on any atom is 0.259 e. The summed E-state index contributed by atoms with van der Waals surface area (Å²) in [5, 5.41) is 26.8. The number of hydrogen-bond acceptors (Lipinski definition) is 5. The molecule has 2 N–H and O–H groups in total. The van der Waals surface area contributed by atoms with E-state index in [1.807, 2.05) is 0 Å². The maximum absolute atomic E-state index is 9.96. The average Bonchev–Trinajstić information content (AvgIpc) is 1.87. The van der Waals surface area contributed by atoms with Gasteiger partial charge in [-0.15, -0.1) is 0 Å². The molecule has 0 saturated heterocycles. The van der Waals surface area contributed by atoms with Crippen LogP contribution in [0.4, 0.5) is 0 Å². The molecule has 6 nitrogen and oxygen atoms in total. The molecule has 0 atom stereocenters. The molecule has 0 aromatic heterocycles. The van der Waals surface area contributed by atoms with Gasteiger partial charge in [0.15, 0.2) is 0 Å². The van der Waals surface area contributed by atoms with Crippen LogP contribution in [0.2, 0.25) is 0 Å². The van der Waals surface area contributed by atoms with E-state index in [0.717, 1.165) is 0 Å². The van der Waals surface area contributed by atoms with Crippen LogP contribution in [0.3, 0.4) is 0 Å². The zero-order valence-corrected chi connectivity index (χ0v) is 6.14. The van der Waals surface area contributed by atoms with Crippen LogP contribution in [0.15, 0.2) is 0 Å². The van der Waals surface area contributed by atoms with Gasteiger partial charge in [0.05, 0.1) is 13.2 Å². The Morgan fingerprint density at radius 2 is 1.73 bits per heavy atom. The van der Waals surface area contributed by atoms with Crippen LogP contribution in [-0.4, -0.2) is 53.0 Å². The van der Waals surface area contributed by atoms with Crippen molar-refractivity contribution in [1.29, 1.82) is 0 Å². The summed E-state index contributed by atoms with van der Waals surface area (Å²) < 4.78 is 0. The highest BCUT2D eigenvalue weighted by Crippen LogP contribution is 1.85. The minimum Gasteiger partial charge on any atom is -0.395 e. The summed E-state index contributed by atoms with van der Waals surface area (Å²) in [4.78, 5) is 10.8. The first kappa shape index (κ1) is 10.3. The number of hydrogen-bond donors (Lipinski definition) is 2. The molecule has 0 rings (SSSR count). The minimum atomic E-state index is -0.495. The number of rotatable bonds is 6. The molecule has 0 bridgehead atoms. The Morgan fingerprint density at radius 3 is 2.00 bits per heavy atom. The van der Waals surface area contributed by atoms with E-state index in [9.17, 15) is 10.1 Å². The van der Waals surface area contributed by atoms with Gasteiger partial charge >= 0.3 is 0 Å². The van der Waals surface area contributed by atoms with Crippen LogP contribution in [0.5, 0.6) is 0 Å². The average molecular weight is 164 g/mol. The predicted molar refractivity (Wildman–Crippen MR) is 37.6 cm³/mol. The third-order valence-corrected chi connectivity index (χ3v) is 1.15. The summed E-state index contributed by atoms with van der Waals surface area (Å²) in [5.74, 6) is 0. The van der Waals surface area contributed by atoms with Crippen molar-refractivity contribution in [3.8, 4) is 0 Å². The molecule has 0 unspecified atom stereocenters. The lowest BCUT2D eigenvalue weighted by atomic mass is 10.5. The Morgan fingerprint density at radius 1 is 1.27 bits per heavy atom. The fourth-order valence-electron chi connectivity index (χ4n) is 0.699. The van der Waals surface area contributed by atoms with Crippen LogP contribution in [0.25, 0.3) is 0 Å².